The first-order chi connectivity index (χ1) is 8.38. The van der Waals surface area contributed by atoms with E-state index in [4.69, 9.17) is 10.9 Å². The van der Waals surface area contributed by atoms with E-state index >= 15 is 0 Å². The number of nitrogens with two attached hydrogens (primary N) is 1. The molecule has 0 saturated heterocycles. The minimum atomic E-state index is -0.623. The van der Waals surface area contributed by atoms with Gasteiger partial charge >= 0.3 is 0 Å². The minimum absolute atomic E-state index is 0.0323. The van der Waals surface area contributed by atoms with Crippen molar-refractivity contribution in [2.24, 2.45) is 10.9 Å². The Labute approximate surface area is 105 Å². The molecule has 6 heteroatoms. The van der Waals surface area contributed by atoms with Crippen LogP contribution in [0.5, 0.6) is 0 Å². The predicted octanol–water partition coefficient (Wildman–Crippen LogP) is 1.34. The number of halogens is 1. The maximum absolute atomic E-state index is 13.6. The van der Waals surface area contributed by atoms with Gasteiger partial charge in [-0.1, -0.05) is 16.8 Å². The van der Waals surface area contributed by atoms with E-state index in [0.29, 0.717) is 0 Å². The van der Waals surface area contributed by atoms with Gasteiger partial charge in [0.15, 0.2) is 5.84 Å². The van der Waals surface area contributed by atoms with Crippen LogP contribution in [0.2, 0.25) is 0 Å². The summed E-state index contributed by atoms with van der Waals surface area (Å²) in [5.74, 6) is -1.22. The number of benzene rings is 1. The molecule has 0 aliphatic heterocycles. The summed E-state index contributed by atoms with van der Waals surface area (Å²) >= 11 is 0. The van der Waals surface area contributed by atoms with E-state index in [1.165, 1.54) is 24.1 Å². The zero-order valence-electron chi connectivity index (χ0n) is 10.5. The Kier molecular flexibility index (Phi) is 4.25. The van der Waals surface area contributed by atoms with Crippen LogP contribution in [-0.2, 0) is 0 Å². The summed E-state index contributed by atoms with van der Waals surface area (Å²) < 4.78 is 13.6. The van der Waals surface area contributed by atoms with Gasteiger partial charge < -0.3 is 15.8 Å². The molecule has 0 fully saturated rings. The van der Waals surface area contributed by atoms with Gasteiger partial charge in [-0.05, 0) is 26.0 Å². The van der Waals surface area contributed by atoms with Crippen molar-refractivity contribution in [3.8, 4) is 0 Å². The van der Waals surface area contributed by atoms with Gasteiger partial charge in [-0.15, -0.1) is 0 Å². The van der Waals surface area contributed by atoms with E-state index in [-0.39, 0.29) is 11.4 Å². The van der Waals surface area contributed by atoms with Crippen molar-refractivity contribution in [3.63, 3.8) is 0 Å². The highest BCUT2D eigenvalue weighted by Gasteiger charge is 2.22. The molecule has 1 amide bonds. The molecule has 0 aromatic heterocycles. The number of rotatable bonds is 3. The fourth-order valence-electron chi connectivity index (χ4n) is 1.45. The van der Waals surface area contributed by atoms with Crippen LogP contribution < -0.4 is 5.73 Å². The first-order valence-electron chi connectivity index (χ1n) is 5.39. The molecule has 0 bridgehead atoms. The summed E-state index contributed by atoms with van der Waals surface area (Å²) in [6, 6.07) is 3.67. The van der Waals surface area contributed by atoms with Crippen molar-refractivity contribution in [3.05, 3.63) is 35.1 Å². The number of amides is 1. The molecular formula is C12H16FN3O2. The molecule has 0 heterocycles. The highest BCUT2D eigenvalue weighted by molar-refractivity contribution is 5.98. The number of hydrogen-bond acceptors (Lipinski definition) is 3. The number of amidine groups is 1. The third-order valence-electron chi connectivity index (χ3n) is 2.80. The third kappa shape index (κ3) is 2.77. The molecule has 1 unspecified atom stereocenters. The van der Waals surface area contributed by atoms with Crippen LogP contribution in [0.15, 0.2) is 23.4 Å². The average molecular weight is 253 g/mol. The zero-order chi connectivity index (χ0) is 13.9. The first kappa shape index (κ1) is 14.0. The molecule has 5 nitrogen and oxygen atoms in total. The summed E-state index contributed by atoms with van der Waals surface area (Å²) in [4.78, 5) is 13.3. The first-order valence-corrected chi connectivity index (χ1v) is 5.39. The molecule has 0 aliphatic carbocycles. The predicted molar refractivity (Wildman–Crippen MR) is 66.1 cm³/mol. The number of carbonyl (C=O) groups is 1. The van der Waals surface area contributed by atoms with Crippen LogP contribution in [-0.4, -0.2) is 34.9 Å². The normalized spacial score (nSPS) is 13.2. The average Bonchev–Trinajstić information content (AvgIpc) is 2.38. The van der Waals surface area contributed by atoms with E-state index in [9.17, 15) is 9.18 Å². The Hall–Kier alpha value is -2.11. The molecule has 3 N–H and O–H groups in total. The molecule has 0 aliphatic rings. The Bertz CT molecular complexity index is 488. The highest BCUT2D eigenvalue weighted by Crippen LogP contribution is 2.13. The van der Waals surface area contributed by atoms with Crippen molar-refractivity contribution < 1.29 is 14.4 Å². The lowest BCUT2D eigenvalue weighted by Gasteiger charge is -2.24. The van der Waals surface area contributed by atoms with Gasteiger partial charge in [0.05, 0.1) is 11.6 Å². The lowest BCUT2D eigenvalue weighted by molar-refractivity contribution is 0.0771. The number of carbonyl (C=O) groups excluding carboxylic acids is 1. The number of nitrogens with zero attached hydrogens (tertiary/aromatic N) is 2. The van der Waals surface area contributed by atoms with Crippen LogP contribution in [0.25, 0.3) is 0 Å². The topological polar surface area (TPSA) is 78.9 Å². The zero-order valence-corrected chi connectivity index (χ0v) is 10.5. The largest absolute Gasteiger partial charge is 0.409 e. The van der Waals surface area contributed by atoms with Crippen LogP contribution in [0.4, 0.5) is 4.39 Å². The van der Waals surface area contributed by atoms with Crippen molar-refractivity contribution in [1.29, 1.82) is 0 Å². The second-order valence-electron chi connectivity index (χ2n) is 4.10. The Morgan fingerprint density at radius 3 is 2.72 bits per heavy atom. The molecule has 1 atom stereocenters. The summed E-state index contributed by atoms with van der Waals surface area (Å²) in [6.45, 7) is 3.35. The molecule has 1 aromatic rings. The SMILES string of the molecule is Cc1ccc(F)c(C(=O)N(C)C(C)C(N)=NO)c1. The number of oxime groups is 1. The third-order valence-corrected chi connectivity index (χ3v) is 2.80. The molecule has 98 valence electrons. The van der Waals surface area contributed by atoms with E-state index < -0.39 is 17.8 Å². The lowest BCUT2D eigenvalue weighted by atomic mass is 10.1. The van der Waals surface area contributed by atoms with Crippen LogP contribution in [0.1, 0.15) is 22.8 Å². The molecule has 0 saturated carbocycles. The second kappa shape index (κ2) is 5.48. The van der Waals surface area contributed by atoms with Gasteiger partial charge in [-0.2, -0.15) is 0 Å². The summed E-state index contributed by atoms with van der Waals surface area (Å²) in [6.07, 6.45) is 0. The highest BCUT2D eigenvalue weighted by atomic mass is 19.1. The summed E-state index contributed by atoms with van der Waals surface area (Å²) in [7, 11) is 1.47. The smallest absolute Gasteiger partial charge is 0.257 e. The minimum Gasteiger partial charge on any atom is -0.409 e. The molecule has 1 aromatic carbocycles. The summed E-state index contributed by atoms with van der Waals surface area (Å²) in [5.41, 5.74) is 6.16. The number of hydrogen-bond donors (Lipinski definition) is 2. The van der Waals surface area contributed by atoms with Crippen LogP contribution >= 0.6 is 0 Å². The van der Waals surface area contributed by atoms with Gasteiger partial charge in [0.1, 0.15) is 5.82 Å². The standard InChI is InChI=1S/C12H16FN3O2/c1-7-4-5-10(13)9(6-7)12(17)16(3)8(2)11(14)15-18/h4-6,8,18H,1-3H3,(H2,14,15). The molecule has 18 heavy (non-hydrogen) atoms. The summed E-state index contributed by atoms with van der Waals surface area (Å²) in [5, 5.41) is 11.4. The molecular weight excluding hydrogens is 237 g/mol. The van der Waals surface area contributed by atoms with Crippen molar-refractivity contribution in [1.82, 2.24) is 4.90 Å². The van der Waals surface area contributed by atoms with Crippen molar-refractivity contribution in [2.75, 3.05) is 7.05 Å². The van der Waals surface area contributed by atoms with Gasteiger partial charge in [-0.25, -0.2) is 4.39 Å². The van der Waals surface area contributed by atoms with Gasteiger partial charge in [0, 0.05) is 7.05 Å². The maximum atomic E-state index is 13.6. The van der Waals surface area contributed by atoms with E-state index in [1.54, 1.807) is 19.9 Å². The molecule has 0 spiro atoms. The quantitative estimate of drug-likeness (QED) is 0.369. The van der Waals surface area contributed by atoms with E-state index in [1.807, 2.05) is 0 Å². The fourth-order valence-corrected chi connectivity index (χ4v) is 1.45. The lowest BCUT2D eigenvalue weighted by Crippen LogP contribution is -2.44. The van der Waals surface area contributed by atoms with Gasteiger partial charge in [0.25, 0.3) is 5.91 Å². The Morgan fingerprint density at radius 2 is 2.17 bits per heavy atom. The fraction of sp³-hybridized carbons (Fsp3) is 0.333. The molecule has 1 rings (SSSR count). The van der Waals surface area contributed by atoms with Gasteiger partial charge in [-0.3, -0.25) is 4.79 Å². The van der Waals surface area contributed by atoms with E-state index in [2.05, 4.69) is 5.16 Å². The van der Waals surface area contributed by atoms with Crippen LogP contribution in [0, 0.1) is 12.7 Å². The maximum Gasteiger partial charge on any atom is 0.257 e. The van der Waals surface area contributed by atoms with Crippen molar-refractivity contribution in [2.45, 2.75) is 19.9 Å². The second-order valence-corrected chi connectivity index (χ2v) is 4.10. The van der Waals surface area contributed by atoms with Gasteiger partial charge in [0.2, 0.25) is 0 Å². The number of likely N-dealkylation sites (N-methyl/N-ethyl adjacent to an activating group) is 1. The van der Waals surface area contributed by atoms with E-state index in [0.717, 1.165) is 5.56 Å². The molecule has 0 radical (unpaired) electrons. The van der Waals surface area contributed by atoms with Crippen molar-refractivity contribution >= 4 is 11.7 Å². The monoisotopic (exact) mass is 253 g/mol. The van der Waals surface area contributed by atoms with Crippen LogP contribution in [0.3, 0.4) is 0 Å². The number of aryl methyl sites for hydroxylation is 1. The Morgan fingerprint density at radius 1 is 1.56 bits per heavy atom. The Balaban J connectivity index is 3.03.